The third-order valence-electron chi connectivity index (χ3n) is 5.11. The first-order chi connectivity index (χ1) is 20.0. The van der Waals surface area contributed by atoms with Gasteiger partial charge in [0.15, 0.2) is 0 Å². The molecule has 0 saturated heterocycles. The molecule has 0 atom stereocenters. The number of hydrogen-bond acceptors (Lipinski definition) is 8. The number of phenolic OH excluding ortho intramolecular Hbond substituents is 2. The van der Waals surface area contributed by atoms with E-state index < -0.39 is 23.3 Å². The van der Waals surface area contributed by atoms with Gasteiger partial charge >= 0.3 is 17.1 Å². The zero-order chi connectivity index (χ0) is 30.8. The summed E-state index contributed by atoms with van der Waals surface area (Å²) >= 11 is 22.9. The summed E-state index contributed by atoms with van der Waals surface area (Å²) in [5, 5.41) is 50.2. The van der Waals surface area contributed by atoms with Crippen molar-refractivity contribution in [3.63, 3.8) is 0 Å². The van der Waals surface area contributed by atoms with Crippen LogP contribution in [0.15, 0.2) is 83.0 Å². The number of para-hydroxylation sites is 2. The van der Waals surface area contributed by atoms with Crippen molar-refractivity contribution < 1.29 is 47.1 Å². The molecule has 1 radical (unpaired) electrons. The third kappa shape index (κ3) is 10.1. The molecule has 15 heteroatoms. The average molecular weight is 712 g/mol. The first-order valence-electron chi connectivity index (χ1n) is 11.5. The topological polar surface area (TPSA) is 169 Å². The molecule has 0 aliphatic rings. The second-order valence-electron chi connectivity index (χ2n) is 8.04. The Balaban J connectivity index is 0.000000293. The molecule has 0 fully saturated rings. The molecule has 0 spiro atoms. The molecular weight excluding hydrogens is 694 g/mol. The Morgan fingerprint density at radius 3 is 1.35 bits per heavy atom. The van der Waals surface area contributed by atoms with Crippen LogP contribution in [0.5, 0.6) is 23.0 Å². The van der Waals surface area contributed by atoms with Crippen molar-refractivity contribution in [3.05, 3.63) is 115 Å². The van der Waals surface area contributed by atoms with Gasteiger partial charge in [-0.15, -0.1) is 0 Å². The Kier molecular flexibility index (Phi) is 13.6. The van der Waals surface area contributed by atoms with Gasteiger partial charge < -0.3 is 20.4 Å². The van der Waals surface area contributed by atoms with Gasteiger partial charge in [0, 0.05) is 20.1 Å². The zero-order valence-electron chi connectivity index (χ0n) is 21.3. The molecule has 4 N–H and O–H groups in total. The summed E-state index contributed by atoms with van der Waals surface area (Å²) in [6.45, 7) is 0. The molecule has 4 aromatic carbocycles. The van der Waals surface area contributed by atoms with Gasteiger partial charge in [-0.05, 0) is 59.7 Å². The van der Waals surface area contributed by atoms with Gasteiger partial charge in [0.25, 0.3) is 11.8 Å². The number of rotatable bonds is 6. The fourth-order valence-electron chi connectivity index (χ4n) is 3.12. The Labute approximate surface area is 275 Å². The van der Waals surface area contributed by atoms with E-state index in [1.54, 1.807) is 24.3 Å². The Hall–Kier alpha value is -3.96. The van der Waals surface area contributed by atoms with Crippen LogP contribution in [0.1, 0.15) is 31.8 Å². The molecule has 4 aromatic rings. The number of hydrogen-bond donors (Lipinski definition) is 4. The van der Waals surface area contributed by atoms with Crippen LogP contribution in [0.3, 0.4) is 0 Å². The van der Waals surface area contributed by atoms with E-state index >= 15 is 0 Å². The minimum atomic E-state index is -0.607. The first-order valence-corrected chi connectivity index (χ1v) is 13.0. The van der Waals surface area contributed by atoms with E-state index in [9.17, 15) is 30.0 Å². The molecular formula is C28H18Cl4CuN4O6. The van der Waals surface area contributed by atoms with Gasteiger partial charge in [-0.3, -0.25) is 9.59 Å². The van der Waals surface area contributed by atoms with E-state index in [2.05, 4.69) is 21.1 Å². The molecule has 2 amide bonds. The smallest absolute Gasteiger partial charge is 0.871 e. The normalized spacial score (nSPS) is 10.5. The maximum atomic E-state index is 11.8. The van der Waals surface area contributed by atoms with Crippen molar-refractivity contribution in [2.24, 2.45) is 10.2 Å². The van der Waals surface area contributed by atoms with E-state index in [1.165, 1.54) is 48.5 Å². The molecule has 43 heavy (non-hydrogen) atoms. The predicted octanol–water partition coefficient (Wildman–Crippen LogP) is 5.07. The van der Waals surface area contributed by atoms with Gasteiger partial charge in [-0.2, -0.15) is 10.2 Å². The Morgan fingerprint density at radius 1 is 0.651 bits per heavy atom. The SMILES string of the molecule is O=C(NN=Cc1cc(Cl)cc(Cl)c1[O-])c1ccccc1O.O=C(NN=Cc1cc(Cl)cc(Cl)c1[O-])c1ccccc1O.[Cu+2]. The van der Waals surface area contributed by atoms with Gasteiger partial charge in [-0.25, -0.2) is 10.9 Å². The Morgan fingerprint density at radius 2 is 1.00 bits per heavy atom. The minimum absolute atomic E-state index is 0. The van der Waals surface area contributed by atoms with Crippen molar-refractivity contribution in [1.29, 1.82) is 0 Å². The molecule has 4 rings (SSSR count). The summed E-state index contributed by atoms with van der Waals surface area (Å²) in [6, 6.07) is 17.4. The molecule has 10 nitrogen and oxygen atoms in total. The second-order valence-corrected chi connectivity index (χ2v) is 9.73. The van der Waals surface area contributed by atoms with Gasteiger partial charge in [0.2, 0.25) is 0 Å². The average Bonchev–Trinajstić information content (AvgIpc) is 2.94. The summed E-state index contributed by atoms with van der Waals surface area (Å²) in [5.41, 5.74) is 4.83. The number of benzene rings is 4. The maximum Gasteiger partial charge on any atom is 2.00 e. The van der Waals surface area contributed by atoms with E-state index in [0.29, 0.717) is 0 Å². The van der Waals surface area contributed by atoms with E-state index in [4.69, 9.17) is 46.4 Å². The van der Waals surface area contributed by atoms with Crippen LogP contribution in [0.4, 0.5) is 0 Å². The summed E-state index contributed by atoms with van der Waals surface area (Å²) < 4.78 is 0. The standard InChI is InChI=1S/2C14H10Cl2N2O3.Cu/c2*15-9-5-8(13(20)11(16)6-9)7-17-18-14(21)10-3-1-2-4-12(10)19;/h2*1-7,19-20H,(H,18,21);/q;;+2/p-2. The summed E-state index contributed by atoms with van der Waals surface area (Å²) in [4.78, 5) is 23.5. The number of nitrogens with one attached hydrogen (secondary N) is 2. The first kappa shape index (κ1) is 35.2. The molecule has 225 valence electrons. The van der Waals surface area contributed by atoms with E-state index in [-0.39, 0.29) is 70.9 Å². The summed E-state index contributed by atoms with van der Waals surface area (Å²) in [6.07, 6.45) is 2.27. The van der Waals surface area contributed by atoms with E-state index in [1.807, 2.05) is 0 Å². The molecule has 0 aliphatic heterocycles. The van der Waals surface area contributed by atoms with Crippen LogP contribution in [0.2, 0.25) is 20.1 Å². The van der Waals surface area contributed by atoms with Gasteiger partial charge in [0.1, 0.15) is 11.5 Å². The van der Waals surface area contributed by atoms with Crippen LogP contribution < -0.4 is 21.1 Å². The van der Waals surface area contributed by atoms with Gasteiger partial charge in [-0.1, -0.05) is 82.2 Å². The van der Waals surface area contributed by atoms with Crippen molar-refractivity contribution in [1.82, 2.24) is 10.9 Å². The predicted molar refractivity (Wildman–Crippen MR) is 158 cm³/mol. The number of aromatic hydroxyl groups is 2. The molecule has 0 aromatic heterocycles. The fourth-order valence-corrected chi connectivity index (χ4v) is 4.14. The largest absolute Gasteiger partial charge is 2.00 e. The number of phenols is 2. The molecule has 0 heterocycles. The second kappa shape index (κ2) is 16.6. The molecule has 0 unspecified atom stereocenters. The number of hydrazone groups is 2. The number of amides is 2. The molecule has 0 bridgehead atoms. The number of carbonyl (C=O) groups is 2. The summed E-state index contributed by atoms with van der Waals surface area (Å²) in [7, 11) is 0. The quantitative estimate of drug-likeness (QED) is 0.124. The van der Waals surface area contributed by atoms with Crippen LogP contribution >= 0.6 is 46.4 Å². The maximum absolute atomic E-state index is 11.8. The Bertz CT molecular complexity index is 1560. The van der Waals surface area contributed by atoms with Crippen LogP contribution in [0, 0.1) is 0 Å². The molecule has 0 saturated carbocycles. The van der Waals surface area contributed by atoms with Gasteiger partial charge in [0.05, 0.1) is 23.6 Å². The van der Waals surface area contributed by atoms with Crippen LogP contribution in [-0.4, -0.2) is 34.5 Å². The molecule has 0 aliphatic carbocycles. The number of carbonyl (C=O) groups excluding carboxylic acids is 2. The number of nitrogens with zero attached hydrogens (tertiary/aromatic N) is 2. The van der Waals surface area contributed by atoms with Crippen molar-refractivity contribution in [2.45, 2.75) is 0 Å². The van der Waals surface area contributed by atoms with E-state index in [0.717, 1.165) is 12.4 Å². The monoisotopic (exact) mass is 709 g/mol. The van der Waals surface area contributed by atoms with Crippen molar-refractivity contribution in [3.8, 4) is 23.0 Å². The fraction of sp³-hybridized carbons (Fsp3) is 0. The van der Waals surface area contributed by atoms with Crippen molar-refractivity contribution in [2.75, 3.05) is 0 Å². The zero-order valence-corrected chi connectivity index (χ0v) is 25.3. The van der Waals surface area contributed by atoms with Crippen molar-refractivity contribution >= 4 is 70.6 Å². The third-order valence-corrected chi connectivity index (χ3v) is 6.11. The number of halogens is 4. The van der Waals surface area contributed by atoms with Crippen LogP contribution in [-0.2, 0) is 17.1 Å². The minimum Gasteiger partial charge on any atom is -0.871 e. The summed E-state index contributed by atoms with van der Waals surface area (Å²) in [5.74, 6) is -2.43. The van der Waals surface area contributed by atoms with Crippen LogP contribution in [0.25, 0.3) is 0 Å².